The van der Waals surface area contributed by atoms with E-state index in [1.54, 1.807) is 23.5 Å². The molecule has 102 valence electrons. The van der Waals surface area contributed by atoms with Crippen molar-refractivity contribution in [2.75, 3.05) is 18.6 Å². The van der Waals surface area contributed by atoms with E-state index >= 15 is 0 Å². The van der Waals surface area contributed by atoms with Gasteiger partial charge in [-0.25, -0.2) is 4.99 Å². The van der Waals surface area contributed by atoms with E-state index in [1.165, 1.54) is 5.56 Å². The molecule has 0 saturated carbocycles. The molecule has 0 unspecified atom stereocenters. The Morgan fingerprint density at radius 1 is 1.42 bits per heavy atom. The number of benzene rings is 1. The molecule has 2 nitrogen and oxygen atoms in total. The molecular weight excluding hydrogens is 292 g/mol. The maximum absolute atomic E-state index is 5.39. The van der Waals surface area contributed by atoms with Crippen LogP contribution in [0.1, 0.15) is 25.3 Å². The lowest BCUT2D eigenvalue weighted by Gasteiger charge is -2.17. The third-order valence-corrected chi connectivity index (χ3v) is 5.19. The van der Waals surface area contributed by atoms with Crippen LogP contribution in [-0.4, -0.2) is 32.9 Å². The molecule has 19 heavy (non-hydrogen) atoms. The summed E-state index contributed by atoms with van der Waals surface area (Å²) in [5, 5.41) is 1.03. The topological polar surface area (TPSA) is 15.6 Å². The lowest BCUT2D eigenvalue weighted by Crippen LogP contribution is -2.27. The van der Waals surface area contributed by atoms with E-state index in [0.29, 0.717) is 5.92 Å². The fraction of sp³-hybridized carbons (Fsp3) is 0.429. The van der Waals surface area contributed by atoms with E-state index in [2.05, 4.69) is 36.9 Å². The largest absolute Gasteiger partial charge is 0.306 e. The van der Waals surface area contributed by atoms with Crippen LogP contribution < -0.4 is 0 Å². The third-order valence-electron chi connectivity index (χ3n) is 2.95. The number of thiocarbonyl (C=S) groups is 1. The fourth-order valence-electron chi connectivity index (χ4n) is 1.95. The van der Waals surface area contributed by atoms with Crippen LogP contribution in [0.3, 0.4) is 0 Å². The molecule has 2 rings (SSSR count). The summed E-state index contributed by atoms with van der Waals surface area (Å²) >= 11 is 8.78. The van der Waals surface area contributed by atoms with E-state index in [4.69, 9.17) is 17.2 Å². The summed E-state index contributed by atoms with van der Waals surface area (Å²) in [6, 6.07) is 8.36. The standard InChI is InChI=1S/C14H18N2S3/c1-10(2)11-6-4-5-7-12(11)15-13-16(8-9-19-13)14(17)18-3/h4-7,10H,8-9H2,1-3H3. The van der Waals surface area contributed by atoms with Gasteiger partial charge in [0.2, 0.25) is 0 Å². The van der Waals surface area contributed by atoms with E-state index in [1.807, 2.05) is 12.3 Å². The number of rotatable bonds is 2. The summed E-state index contributed by atoms with van der Waals surface area (Å²) in [5.41, 5.74) is 2.35. The molecule has 1 aliphatic heterocycles. The molecule has 5 heteroatoms. The molecule has 1 heterocycles. The molecule has 0 spiro atoms. The summed E-state index contributed by atoms with van der Waals surface area (Å²) in [7, 11) is 0. The van der Waals surface area contributed by atoms with E-state index < -0.39 is 0 Å². The summed E-state index contributed by atoms with van der Waals surface area (Å²) in [6.07, 6.45) is 2.02. The van der Waals surface area contributed by atoms with Crippen molar-refractivity contribution in [3.05, 3.63) is 29.8 Å². The highest BCUT2D eigenvalue weighted by Gasteiger charge is 2.23. The molecule has 0 N–H and O–H groups in total. The minimum atomic E-state index is 0.480. The number of aliphatic imine (C=N–C) groups is 1. The van der Waals surface area contributed by atoms with Gasteiger partial charge >= 0.3 is 0 Å². The first-order valence-corrected chi connectivity index (χ1v) is 8.91. The predicted octanol–water partition coefficient (Wildman–Crippen LogP) is 4.49. The lowest BCUT2D eigenvalue weighted by molar-refractivity contribution is 0.701. The molecule has 1 saturated heterocycles. The van der Waals surface area contributed by atoms with Gasteiger partial charge in [0.1, 0.15) is 4.32 Å². The second kappa shape index (κ2) is 6.77. The van der Waals surface area contributed by atoms with Crippen molar-refractivity contribution < 1.29 is 0 Å². The Kier molecular flexibility index (Phi) is 5.30. The molecule has 1 aliphatic rings. The number of amidine groups is 1. The van der Waals surface area contributed by atoms with Gasteiger partial charge in [-0.3, -0.25) is 0 Å². The fourth-order valence-corrected chi connectivity index (χ4v) is 3.60. The van der Waals surface area contributed by atoms with Crippen LogP contribution in [0.25, 0.3) is 0 Å². The molecule has 1 aromatic rings. The normalized spacial score (nSPS) is 17.5. The Labute approximate surface area is 129 Å². The van der Waals surface area contributed by atoms with Crippen LogP contribution in [0.2, 0.25) is 0 Å². The molecule has 0 bridgehead atoms. The smallest absolute Gasteiger partial charge is 0.170 e. The van der Waals surface area contributed by atoms with Gasteiger partial charge in [-0.15, -0.1) is 0 Å². The van der Waals surface area contributed by atoms with Gasteiger partial charge < -0.3 is 4.90 Å². The Morgan fingerprint density at radius 3 is 2.84 bits per heavy atom. The number of thioether (sulfide) groups is 2. The molecule has 1 aromatic carbocycles. The van der Waals surface area contributed by atoms with Crippen LogP contribution in [-0.2, 0) is 0 Å². The third kappa shape index (κ3) is 3.52. The lowest BCUT2D eigenvalue weighted by atomic mass is 10.0. The van der Waals surface area contributed by atoms with Crippen LogP contribution in [0.4, 0.5) is 5.69 Å². The first kappa shape index (κ1) is 14.9. The van der Waals surface area contributed by atoms with E-state index in [9.17, 15) is 0 Å². The van der Waals surface area contributed by atoms with E-state index in [0.717, 1.165) is 27.5 Å². The zero-order chi connectivity index (χ0) is 13.8. The molecule has 0 atom stereocenters. The van der Waals surface area contributed by atoms with Crippen molar-refractivity contribution in [2.45, 2.75) is 19.8 Å². The van der Waals surface area contributed by atoms with Crippen LogP contribution in [0, 0.1) is 0 Å². The first-order chi connectivity index (χ1) is 9.13. The van der Waals surface area contributed by atoms with E-state index in [-0.39, 0.29) is 0 Å². The zero-order valence-electron chi connectivity index (χ0n) is 11.4. The summed E-state index contributed by atoms with van der Waals surface area (Å²) in [4.78, 5) is 6.98. The highest BCUT2D eigenvalue weighted by atomic mass is 32.2. The number of nitrogens with zero attached hydrogens (tertiary/aromatic N) is 2. The van der Waals surface area contributed by atoms with Crippen LogP contribution in [0.5, 0.6) is 0 Å². The maximum atomic E-state index is 5.39. The highest BCUT2D eigenvalue weighted by molar-refractivity contribution is 8.23. The van der Waals surface area contributed by atoms with Crippen molar-refractivity contribution in [1.82, 2.24) is 4.90 Å². The van der Waals surface area contributed by atoms with Gasteiger partial charge in [-0.1, -0.05) is 67.8 Å². The Hall–Kier alpha value is -0.520. The van der Waals surface area contributed by atoms with Crippen LogP contribution in [0.15, 0.2) is 29.3 Å². The second-order valence-corrected chi connectivity index (χ2v) is 7.08. The Balaban J connectivity index is 2.33. The molecule has 0 aliphatic carbocycles. The number of para-hydroxylation sites is 1. The highest BCUT2D eigenvalue weighted by Crippen LogP contribution is 2.30. The van der Waals surface area contributed by atoms with Gasteiger partial charge in [0.05, 0.1) is 5.69 Å². The maximum Gasteiger partial charge on any atom is 0.170 e. The quantitative estimate of drug-likeness (QED) is 0.747. The van der Waals surface area contributed by atoms with Crippen molar-refractivity contribution in [1.29, 1.82) is 0 Å². The number of hydrogen-bond acceptors (Lipinski definition) is 4. The molecule has 0 radical (unpaired) electrons. The van der Waals surface area contributed by atoms with Gasteiger partial charge in [-0.2, -0.15) is 0 Å². The van der Waals surface area contributed by atoms with Gasteiger partial charge in [0.25, 0.3) is 0 Å². The number of hydrogen-bond donors (Lipinski definition) is 0. The summed E-state index contributed by atoms with van der Waals surface area (Å²) in [6.45, 7) is 5.36. The van der Waals surface area contributed by atoms with Gasteiger partial charge in [-0.05, 0) is 23.8 Å². The first-order valence-electron chi connectivity index (χ1n) is 6.29. The van der Waals surface area contributed by atoms with Gasteiger partial charge in [0.15, 0.2) is 5.17 Å². The zero-order valence-corrected chi connectivity index (χ0v) is 13.9. The van der Waals surface area contributed by atoms with Crippen LogP contribution >= 0.6 is 35.7 Å². The average molecular weight is 311 g/mol. The van der Waals surface area contributed by atoms with Gasteiger partial charge in [0, 0.05) is 12.3 Å². The molecule has 0 amide bonds. The second-order valence-electron chi connectivity index (χ2n) is 4.58. The summed E-state index contributed by atoms with van der Waals surface area (Å²) in [5.74, 6) is 1.54. The van der Waals surface area contributed by atoms with Crippen molar-refractivity contribution >= 4 is 50.9 Å². The Bertz CT molecular complexity index is 497. The monoisotopic (exact) mass is 310 g/mol. The molecular formula is C14H18N2S3. The Morgan fingerprint density at radius 2 is 2.16 bits per heavy atom. The van der Waals surface area contributed by atoms with Crippen molar-refractivity contribution in [2.24, 2.45) is 4.99 Å². The molecule has 1 fully saturated rings. The predicted molar refractivity (Wildman–Crippen MR) is 92.9 cm³/mol. The molecule has 0 aromatic heterocycles. The average Bonchev–Trinajstić information content (AvgIpc) is 2.86. The van der Waals surface area contributed by atoms with Crippen molar-refractivity contribution in [3.63, 3.8) is 0 Å². The SMILES string of the molecule is CSC(=S)N1CCSC1=Nc1ccccc1C(C)C. The minimum Gasteiger partial charge on any atom is -0.306 e. The summed E-state index contributed by atoms with van der Waals surface area (Å²) < 4.78 is 0.908. The minimum absolute atomic E-state index is 0.480. The van der Waals surface area contributed by atoms with Crippen molar-refractivity contribution in [3.8, 4) is 0 Å².